The monoisotopic (exact) mass is 238 g/mol. The summed E-state index contributed by atoms with van der Waals surface area (Å²) >= 11 is 0. The Morgan fingerprint density at radius 3 is 2.88 bits per heavy atom. The quantitative estimate of drug-likeness (QED) is 0.189. The minimum atomic E-state index is -0.528. The summed E-state index contributed by atoms with van der Waals surface area (Å²) in [6.07, 6.45) is 0. The SMILES string of the molecule is COc1ccc([N+](=O)[O-])cc1OCCN=[N+]=[N-]. The number of ether oxygens (including phenoxy) is 2. The van der Waals surface area contributed by atoms with Crippen LogP contribution in [-0.4, -0.2) is 25.2 Å². The Kier molecular flexibility index (Phi) is 4.58. The number of nitro groups is 1. The van der Waals surface area contributed by atoms with Gasteiger partial charge < -0.3 is 9.47 Å². The fourth-order valence-electron chi connectivity index (χ4n) is 1.13. The number of methoxy groups -OCH3 is 1. The van der Waals surface area contributed by atoms with Gasteiger partial charge in [0.1, 0.15) is 0 Å². The maximum atomic E-state index is 10.6. The number of rotatable bonds is 6. The van der Waals surface area contributed by atoms with Crippen molar-refractivity contribution in [2.24, 2.45) is 5.11 Å². The molecule has 0 aliphatic rings. The van der Waals surface area contributed by atoms with Gasteiger partial charge in [0, 0.05) is 11.0 Å². The molecule has 0 atom stereocenters. The highest BCUT2D eigenvalue weighted by Gasteiger charge is 2.11. The second-order valence-corrected chi connectivity index (χ2v) is 2.90. The van der Waals surface area contributed by atoms with Gasteiger partial charge in [0.15, 0.2) is 11.5 Å². The molecule has 17 heavy (non-hydrogen) atoms. The highest BCUT2D eigenvalue weighted by Crippen LogP contribution is 2.30. The third kappa shape index (κ3) is 3.54. The average molecular weight is 238 g/mol. The van der Waals surface area contributed by atoms with Gasteiger partial charge in [0.25, 0.3) is 5.69 Å². The fourth-order valence-corrected chi connectivity index (χ4v) is 1.13. The highest BCUT2D eigenvalue weighted by molar-refractivity contribution is 5.48. The zero-order chi connectivity index (χ0) is 12.7. The Labute approximate surface area is 96.5 Å². The fraction of sp³-hybridized carbons (Fsp3) is 0.333. The van der Waals surface area contributed by atoms with Gasteiger partial charge in [0.05, 0.1) is 31.3 Å². The summed E-state index contributed by atoms with van der Waals surface area (Å²) in [5.74, 6) is 0.631. The predicted octanol–water partition coefficient (Wildman–Crippen LogP) is 2.29. The molecule has 0 fully saturated rings. The van der Waals surface area contributed by atoms with Gasteiger partial charge in [-0.25, -0.2) is 0 Å². The first-order chi connectivity index (χ1) is 8.19. The van der Waals surface area contributed by atoms with Crippen LogP contribution in [0.3, 0.4) is 0 Å². The van der Waals surface area contributed by atoms with Gasteiger partial charge in [0.2, 0.25) is 0 Å². The Morgan fingerprint density at radius 2 is 2.29 bits per heavy atom. The standard InChI is InChI=1S/C9H10N4O4/c1-16-8-3-2-7(13(14)15)6-9(8)17-5-4-11-12-10/h2-3,6H,4-5H2,1H3. The van der Waals surface area contributed by atoms with E-state index in [4.69, 9.17) is 15.0 Å². The molecule has 0 aromatic heterocycles. The normalized spacial score (nSPS) is 9.24. The minimum Gasteiger partial charge on any atom is -0.493 e. The predicted molar refractivity (Wildman–Crippen MR) is 59.2 cm³/mol. The lowest BCUT2D eigenvalue weighted by atomic mass is 10.3. The summed E-state index contributed by atoms with van der Waals surface area (Å²) in [7, 11) is 1.43. The summed E-state index contributed by atoms with van der Waals surface area (Å²) < 4.78 is 10.2. The lowest BCUT2D eigenvalue weighted by Gasteiger charge is -2.08. The molecule has 0 bridgehead atoms. The molecule has 0 radical (unpaired) electrons. The summed E-state index contributed by atoms with van der Waals surface area (Å²) in [5, 5.41) is 13.9. The van der Waals surface area contributed by atoms with Crippen LogP contribution in [0, 0.1) is 10.1 Å². The summed E-state index contributed by atoms with van der Waals surface area (Å²) in [5.41, 5.74) is 7.98. The molecule has 0 amide bonds. The molecule has 0 saturated heterocycles. The van der Waals surface area contributed by atoms with Gasteiger partial charge >= 0.3 is 0 Å². The van der Waals surface area contributed by atoms with Crippen molar-refractivity contribution in [3.05, 3.63) is 38.8 Å². The lowest BCUT2D eigenvalue weighted by Crippen LogP contribution is -2.02. The molecule has 0 heterocycles. The second kappa shape index (κ2) is 6.19. The van der Waals surface area contributed by atoms with Crippen LogP contribution in [0.2, 0.25) is 0 Å². The Morgan fingerprint density at radius 1 is 1.53 bits per heavy atom. The van der Waals surface area contributed by atoms with E-state index in [1.54, 1.807) is 0 Å². The number of hydrogen-bond donors (Lipinski definition) is 0. The molecule has 0 N–H and O–H groups in total. The first-order valence-corrected chi connectivity index (χ1v) is 4.65. The Bertz CT molecular complexity index is 456. The lowest BCUT2D eigenvalue weighted by molar-refractivity contribution is -0.385. The third-order valence-electron chi connectivity index (χ3n) is 1.87. The van der Waals surface area contributed by atoms with E-state index >= 15 is 0 Å². The molecule has 0 unspecified atom stereocenters. The second-order valence-electron chi connectivity index (χ2n) is 2.90. The number of hydrogen-bond acceptors (Lipinski definition) is 5. The average Bonchev–Trinajstić information content (AvgIpc) is 2.34. The Hall–Kier alpha value is -2.47. The van der Waals surface area contributed by atoms with E-state index in [2.05, 4.69) is 10.0 Å². The molecular weight excluding hydrogens is 228 g/mol. The molecule has 0 aliphatic carbocycles. The highest BCUT2D eigenvalue weighted by atomic mass is 16.6. The van der Waals surface area contributed by atoms with Crippen molar-refractivity contribution in [2.45, 2.75) is 0 Å². The van der Waals surface area contributed by atoms with Crippen molar-refractivity contribution >= 4 is 5.69 Å². The van der Waals surface area contributed by atoms with Crippen molar-refractivity contribution in [2.75, 3.05) is 20.3 Å². The molecule has 0 aliphatic heterocycles. The van der Waals surface area contributed by atoms with E-state index in [0.29, 0.717) is 5.75 Å². The summed E-state index contributed by atoms with van der Waals surface area (Å²) in [4.78, 5) is 12.6. The van der Waals surface area contributed by atoms with Crippen molar-refractivity contribution in [1.29, 1.82) is 0 Å². The van der Waals surface area contributed by atoms with Crippen LogP contribution in [0.5, 0.6) is 11.5 Å². The minimum absolute atomic E-state index is 0.0930. The molecule has 0 spiro atoms. The zero-order valence-electron chi connectivity index (χ0n) is 9.07. The molecule has 8 heteroatoms. The van der Waals surface area contributed by atoms with E-state index in [-0.39, 0.29) is 24.6 Å². The maximum absolute atomic E-state index is 10.6. The van der Waals surface area contributed by atoms with E-state index in [9.17, 15) is 10.1 Å². The number of nitrogens with zero attached hydrogens (tertiary/aromatic N) is 4. The van der Waals surface area contributed by atoms with Crippen LogP contribution in [0.1, 0.15) is 0 Å². The first kappa shape index (κ1) is 12.6. The van der Waals surface area contributed by atoms with Crippen molar-refractivity contribution in [1.82, 2.24) is 0 Å². The van der Waals surface area contributed by atoms with Gasteiger partial charge in [-0.15, -0.1) is 0 Å². The van der Waals surface area contributed by atoms with Crippen LogP contribution in [-0.2, 0) is 0 Å². The third-order valence-corrected chi connectivity index (χ3v) is 1.87. The van der Waals surface area contributed by atoms with Crippen LogP contribution in [0.15, 0.2) is 23.3 Å². The number of benzene rings is 1. The van der Waals surface area contributed by atoms with Crippen LogP contribution in [0.25, 0.3) is 10.4 Å². The largest absolute Gasteiger partial charge is 0.493 e. The topological polar surface area (TPSA) is 110 Å². The van der Waals surface area contributed by atoms with E-state index in [1.807, 2.05) is 0 Å². The van der Waals surface area contributed by atoms with E-state index < -0.39 is 4.92 Å². The number of non-ortho nitro benzene ring substituents is 1. The zero-order valence-corrected chi connectivity index (χ0v) is 9.07. The number of nitro benzene ring substituents is 1. The van der Waals surface area contributed by atoms with Crippen LogP contribution in [0.4, 0.5) is 5.69 Å². The summed E-state index contributed by atoms with van der Waals surface area (Å²) in [6.45, 7) is 0.268. The van der Waals surface area contributed by atoms with E-state index in [1.165, 1.54) is 25.3 Å². The molecule has 8 nitrogen and oxygen atoms in total. The van der Waals surface area contributed by atoms with Crippen molar-refractivity contribution in [3.8, 4) is 11.5 Å². The summed E-state index contributed by atoms with van der Waals surface area (Å²) in [6, 6.07) is 4.02. The van der Waals surface area contributed by atoms with Crippen LogP contribution >= 0.6 is 0 Å². The molecule has 0 saturated carbocycles. The van der Waals surface area contributed by atoms with Crippen LogP contribution < -0.4 is 9.47 Å². The van der Waals surface area contributed by atoms with Gasteiger partial charge in [-0.05, 0) is 11.6 Å². The van der Waals surface area contributed by atoms with Gasteiger partial charge in [-0.2, -0.15) is 0 Å². The van der Waals surface area contributed by atoms with Gasteiger partial charge in [-0.3, -0.25) is 10.1 Å². The molecule has 1 aromatic carbocycles. The smallest absolute Gasteiger partial charge is 0.273 e. The molecule has 90 valence electrons. The number of azide groups is 1. The maximum Gasteiger partial charge on any atom is 0.273 e. The van der Waals surface area contributed by atoms with E-state index in [0.717, 1.165) is 0 Å². The van der Waals surface area contributed by atoms with Gasteiger partial charge in [-0.1, -0.05) is 5.11 Å². The molecule has 1 rings (SSSR count). The van der Waals surface area contributed by atoms with Crippen molar-refractivity contribution in [3.63, 3.8) is 0 Å². The molecule has 1 aromatic rings. The Balaban J connectivity index is 2.82. The molecular formula is C9H10N4O4. The first-order valence-electron chi connectivity index (χ1n) is 4.65. The van der Waals surface area contributed by atoms with Crippen molar-refractivity contribution < 1.29 is 14.4 Å².